The number of rotatable bonds is 8. The van der Waals surface area contributed by atoms with Crippen molar-refractivity contribution in [3.8, 4) is 0 Å². The van der Waals surface area contributed by atoms with Crippen LogP contribution in [-0.2, 0) is 9.59 Å². The van der Waals surface area contributed by atoms with Crippen molar-refractivity contribution in [1.29, 1.82) is 0 Å². The summed E-state index contributed by atoms with van der Waals surface area (Å²) in [5, 5.41) is 0. The van der Waals surface area contributed by atoms with Crippen LogP contribution < -0.4 is 0 Å². The van der Waals surface area contributed by atoms with Gasteiger partial charge in [0, 0.05) is 6.54 Å². The van der Waals surface area contributed by atoms with E-state index in [1.54, 1.807) is 0 Å². The zero-order chi connectivity index (χ0) is 16.4. The lowest BCUT2D eigenvalue weighted by molar-refractivity contribution is -0.140. The molecule has 1 saturated carbocycles. The molecule has 3 heteroatoms. The summed E-state index contributed by atoms with van der Waals surface area (Å²) in [6.45, 7) is 4.94. The number of amides is 2. The fraction of sp³-hybridized carbons (Fsp3) is 0.700. The molecule has 1 heterocycles. The average molecular weight is 315 g/mol. The van der Waals surface area contributed by atoms with E-state index in [9.17, 15) is 9.59 Å². The van der Waals surface area contributed by atoms with Crippen LogP contribution in [0.4, 0.5) is 0 Å². The van der Waals surface area contributed by atoms with Gasteiger partial charge in [-0.15, -0.1) is 0 Å². The van der Waals surface area contributed by atoms with E-state index in [0.29, 0.717) is 18.4 Å². The normalized spacial score (nSPS) is 33.2. The molecule has 3 aliphatic rings. The maximum atomic E-state index is 12.6. The molecule has 0 aromatic carbocycles. The Morgan fingerprint density at radius 1 is 1.13 bits per heavy atom. The Kier molecular flexibility index (Phi) is 5.03. The molecule has 2 fully saturated rings. The minimum Gasteiger partial charge on any atom is -0.278 e. The largest absolute Gasteiger partial charge is 0.278 e. The van der Waals surface area contributed by atoms with Crippen molar-refractivity contribution in [1.82, 2.24) is 4.90 Å². The Morgan fingerprint density at radius 2 is 1.78 bits per heavy atom. The topological polar surface area (TPSA) is 37.4 Å². The molecule has 5 unspecified atom stereocenters. The molecule has 3 nitrogen and oxygen atoms in total. The molecule has 2 amide bonds. The second-order valence-corrected chi connectivity index (χ2v) is 7.41. The Hall–Kier alpha value is -1.38. The molecular weight excluding hydrogens is 286 g/mol. The molecule has 1 saturated heterocycles. The van der Waals surface area contributed by atoms with Gasteiger partial charge in [0.2, 0.25) is 11.8 Å². The van der Waals surface area contributed by atoms with Crippen LogP contribution in [-0.4, -0.2) is 23.3 Å². The van der Waals surface area contributed by atoms with Crippen molar-refractivity contribution in [2.24, 2.45) is 29.6 Å². The van der Waals surface area contributed by atoms with Crippen molar-refractivity contribution in [2.75, 3.05) is 6.54 Å². The first-order valence-electron chi connectivity index (χ1n) is 9.35. The Bertz CT molecular complexity index is 492. The first-order chi connectivity index (χ1) is 11.2. The van der Waals surface area contributed by atoms with Crippen molar-refractivity contribution < 1.29 is 9.59 Å². The highest BCUT2D eigenvalue weighted by atomic mass is 16.2. The molecule has 23 heavy (non-hydrogen) atoms. The first kappa shape index (κ1) is 16.5. The Labute approximate surface area is 139 Å². The van der Waals surface area contributed by atoms with Crippen LogP contribution in [0.3, 0.4) is 0 Å². The van der Waals surface area contributed by atoms with E-state index in [4.69, 9.17) is 0 Å². The molecule has 3 rings (SSSR count). The number of imide groups is 1. The van der Waals surface area contributed by atoms with Gasteiger partial charge in [0.15, 0.2) is 0 Å². The van der Waals surface area contributed by atoms with E-state index < -0.39 is 0 Å². The van der Waals surface area contributed by atoms with Crippen molar-refractivity contribution in [2.45, 2.75) is 52.4 Å². The smallest absolute Gasteiger partial charge is 0.234 e. The van der Waals surface area contributed by atoms with Crippen molar-refractivity contribution in [3.05, 3.63) is 24.3 Å². The number of hydrogen-bond donors (Lipinski definition) is 0. The highest BCUT2D eigenvalue weighted by Crippen LogP contribution is 2.52. The highest BCUT2D eigenvalue weighted by molar-refractivity contribution is 6.06. The van der Waals surface area contributed by atoms with Gasteiger partial charge >= 0.3 is 0 Å². The summed E-state index contributed by atoms with van der Waals surface area (Å²) in [7, 11) is 0. The van der Waals surface area contributed by atoms with E-state index in [2.05, 4.69) is 32.1 Å². The summed E-state index contributed by atoms with van der Waals surface area (Å²) in [5.74, 6) is 1.38. The molecule has 0 spiro atoms. The monoisotopic (exact) mass is 315 g/mol. The van der Waals surface area contributed by atoms with Gasteiger partial charge in [0.05, 0.1) is 11.8 Å². The summed E-state index contributed by atoms with van der Waals surface area (Å²) in [5.41, 5.74) is 0. The molecule has 5 atom stereocenters. The van der Waals surface area contributed by atoms with Gasteiger partial charge in [-0.05, 0) is 30.6 Å². The predicted molar refractivity (Wildman–Crippen MR) is 91.5 cm³/mol. The fourth-order valence-electron chi connectivity index (χ4n) is 4.59. The molecule has 1 aliphatic heterocycles. The lowest BCUT2D eigenvalue weighted by atomic mass is 9.85. The summed E-state index contributed by atoms with van der Waals surface area (Å²) in [4.78, 5) is 26.6. The Balaban J connectivity index is 1.52. The third kappa shape index (κ3) is 3.02. The maximum Gasteiger partial charge on any atom is 0.234 e. The summed E-state index contributed by atoms with van der Waals surface area (Å²) >= 11 is 0. The van der Waals surface area contributed by atoms with Crippen molar-refractivity contribution >= 4 is 11.8 Å². The van der Waals surface area contributed by atoms with E-state index in [1.165, 1.54) is 30.6 Å². The molecule has 0 N–H and O–H groups in total. The summed E-state index contributed by atoms with van der Waals surface area (Å²) in [6.07, 6.45) is 15.6. The highest BCUT2D eigenvalue weighted by Gasteiger charge is 2.58. The second-order valence-electron chi connectivity index (χ2n) is 7.41. The molecule has 0 aromatic rings. The molecular formula is C20H29NO2. The number of likely N-dealkylation sites (tertiary alicyclic amines) is 1. The van der Waals surface area contributed by atoms with Crippen molar-refractivity contribution in [3.63, 3.8) is 0 Å². The minimum atomic E-state index is -0.0566. The van der Waals surface area contributed by atoms with Gasteiger partial charge in [-0.2, -0.15) is 0 Å². The lowest BCUT2D eigenvalue weighted by Crippen LogP contribution is -2.33. The molecule has 2 bridgehead atoms. The van der Waals surface area contributed by atoms with E-state index in [1.807, 2.05) is 6.08 Å². The minimum absolute atomic E-state index is 0.0566. The van der Waals surface area contributed by atoms with Crippen LogP contribution in [0, 0.1) is 29.6 Å². The quantitative estimate of drug-likeness (QED) is 0.502. The third-order valence-corrected chi connectivity index (χ3v) is 6.03. The predicted octanol–water partition coefficient (Wildman–Crippen LogP) is 3.96. The standard InChI is InChI=1S/C20H29NO2/c1-3-5-8-14(4-2)9-6-7-12-21-19(22)17-15-10-11-16(13-15)18(17)20(21)23/h6-7,10-11,14-18H,3-5,8-9,12-13H2,1-2H3. The van der Waals surface area contributed by atoms with Crippen LogP contribution >= 0.6 is 0 Å². The Morgan fingerprint density at radius 3 is 2.35 bits per heavy atom. The van der Waals surface area contributed by atoms with E-state index >= 15 is 0 Å². The average Bonchev–Trinajstić information content (AvgIpc) is 3.23. The first-order valence-corrected chi connectivity index (χ1v) is 9.35. The number of carbonyl (C=O) groups is 2. The second kappa shape index (κ2) is 7.02. The number of hydrogen-bond acceptors (Lipinski definition) is 2. The lowest BCUT2D eigenvalue weighted by Gasteiger charge is -2.15. The number of unbranched alkanes of at least 4 members (excludes halogenated alkanes) is 1. The van der Waals surface area contributed by atoms with Crippen LogP contribution in [0.1, 0.15) is 52.4 Å². The molecule has 2 aliphatic carbocycles. The molecule has 126 valence electrons. The fourth-order valence-corrected chi connectivity index (χ4v) is 4.59. The van der Waals surface area contributed by atoms with Gasteiger partial charge in [0.25, 0.3) is 0 Å². The molecule has 0 aromatic heterocycles. The number of fused-ring (bicyclic) bond motifs is 5. The maximum absolute atomic E-state index is 12.6. The van der Waals surface area contributed by atoms with Gasteiger partial charge in [-0.25, -0.2) is 0 Å². The van der Waals surface area contributed by atoms with Gasteiger partial charge in [-0.3, -0.25) is 14.5 Å². The van der Waals surface area contributed by atoms with Gasteiger partial charge in [-0.1, -0.05) is 63.8 Å². The number of carbonyl (C=O) groups excluding carboxylic acids is 2. The van der Waals surface area contributed by atoms with E-state index in [0.717, 1.165) is 18.8 Å². The SMILES string of the molecule is CCCCC(CC)CC=CCN1C(=O)C2C3C=CC(C3)C2C1=O. The molecule has 0 radical (unpaired) electrons. The van der Waals surface area contributed by atoms with Crippen LogP contribution in [0.5, 0.6) is 0 Å². The van der Waals surface area contributed by atoms with Crippen LogP contribution in [0.15, 0.2) is 24.3 Å². The summed E-state index contributed by atoms with van der Waals surface area (Å²) in [6, 6.07) is 0. The van der Waals surface area contributed by atoms with Crippen LogP contribution in [0.2, 0.25) is 0 Å². The van der Waals surface area contributed by atoms with E-state index in [-0.39, 0.29) is 23.7 Å². The zero-order valence-electron chi connectivity index (χ0n) is 14.4. The number of allylic oxidation sites excluding steroid dienone is 3. The number of nitrogens with zero attached hydrogens (tertiary/aromatic N) is 1. The van der Waals surface area contributed by atoms with Gasteiger partial charge in [0.1, 0.15) is 0 Å². The van der Waals surface area contributed by atoms with Crippen LogP contribution in [0.25, 0.3) is 0 Å². The zero-order valence-corrected chi connectivity index (χ0v) is 14.4. The third-order valence-electron chi connectivity index (χ3n) is 6.03. The van der Waals surface area contributed by atoms with Gasteiger partial charge < -0.3 is 0 Å². The summed E-state index contributed by atoms with van der Waals surface area (Å²) < 4.78 is 0.